The normalized spacial score (nSPS) is 15.4. The third-order valence-electron chi connectivity index (χ3n) is 4.56. The third kappa shape index (κ3) is 4.52. The van der Waals surface area contributed by atoms with Crippen molar-refractivity contribution >= 4 is 52.2 Å². The number of nitrogens with zero attached hydrogens (tertiary/aromatic N) is 4. The Morgan fingerprint density at radius 1 is 1.14 bits per heavy atom. The third-order valence-corrected chi connectivity index (χ3v) is 5.42. The largest absolute Gasteiger partial charge is 0.434 e. The number of hydrogen-bond donors (Lipinski definition) is 0. The van der Waals surface area contributed by atoms with Crippen LogP contribution in [0.4, 0.5) is 0 Å². The molecular weight excluding hydrogens is 439 g/mol. The van der Waals surface area contributed by atoms with Crippen LogP contribution in [0.5, 0.6) is 11.6 Å². The monoisotopic (exact) mass is 454 g/mol. The molecule has 1 unspecified atom stereocenters. The summed E-state index contributed by atoms with van der Waals surface area (Å²) in [7, 11) is 1.48. The summed E-state index contributed by atoms with van der Waals surface area (Å²) in [5.74, 6) is -0.261. The summed E-state index contributed by atoms with van der Waals surface area (Å²) >= 11 is 18.8. The van der Waals surface area contributed by atoms with Gasteiger partial charge in [0, 0.05) is 18.7 Å². The van der Waals surface area contributed by atoms with Gasteiger partial charge in [0.05, 0.1) is 16.5 Å². The molecule has 1 aliphatic heterocycles. The van der Waals surface area contributed by atoms with Crippen molar-refractivity contribution in [1.29, 1.82) is 0 Å². The van der Waals surface area contributed by atoms with Gasteiger partial charge in [-0.25, -0.2) is 5.01 Å². The molecule has 152 valence electrons. The Morgan fingerprint density at radius 2 is 1.79 bits per heavy atom. The van der Waals surface area contributed by atoms with E-state index in [1.54, 1.807) is 6.07 Å². The molecule has 1 aromatic heterocycles. The second-order valence-electron chi connectivity index (χ2n) is 6.58. The molecule has 1 amide bonds. The van der Waals surface area contributed by atoms with Crippen LogP contribution < -0.4 is 4.74 Å². The molecule has 0 radical (unpaired) electrons. The average molecular weight is 456 g/mol. The summed E-state index contributed by atoms with van der Waals surface area (Å²) in [5, 5.41) is 13.6. The van der Waals surface area contributed by atoms with Crippen LogP contribution in [0.25, 0.3) is 0 Å². The Labute approximate surface area is 182 Å². The van der Waals surface area contributed by atoms with E-state index in [-0.39, 0.29) is 45.6 Å². The highest BCUT2D eigenvalue weighted by molar-refractivity contribution is 6.50. The van der Waals surface area contributed by atoms with Gasteiger partial charge in [-0.15, -0.1) is 10.2 Å². The number of hydrazone groups is 1. The summed E-state index contributed by atoms with van der Waals surface area (Å²) in [5.41, 5.74) is 1.30. The van der Waals surface area contributed by atoms with Crippen molar-refractivity contribution in [2.75, 3.05) is 7.05 Å². The van der Waals surface area contributed by atoms with Gasteiger partial charge in [0.25, 0.3) is 0 Å². The summed E-state index contributed by atoms with van der Waals surface area (Å²) in [6, 6.07) is 4.70. The predicted molar refractivity (Wildman–Crippen MR) is 111 cm³/mol. The number of hydrogen-bond acceptors (Lipinski definition) is 6. The number of carbonyl (C=O) groups excluding carboxylic acids is 2. The number of ketones is 1. The Hall–Kier alpha value is -2.22. The molecule has 7 nitrogen and oxygen atoms in total. The van der Waals surface area contributed by atoms with Crippen LogP contribution in [0.1, 0.15) is 43.7 Å². The van der Waals surface area contributed by atoms with Crippen LogP contribution in [0, 0.1) is 0 Å². The predicted octanol–water partition coefficient (Wildman–Crippen LogP) is 4.88. The van der Waals surface area contributed by atoms with Crippen LogP contribution in [0.2, 0.25) is 15.2 Å². The highest BCUT2D eigenvalue weighted by Gasteiger charge is 2.27. The Bertz CT molecular complexity index is 1000. The molecule has 2 heterocycles. The minimum absolute atomic E-state index is 0.104. The van der Waals surface area contributed by atoms with Crippen molar-refractivity contribution in [2.45, 2.75) is 32.6 Å². The number of ether oxygens (including phenoxy) is 1. The number of aromatic nitrogens is 2. The zero-order chi connectivity index (χ0) is 21.3. The van der Waals surface area contributed by atoms with E-state index >= 15 is 0 Å². The topological polar surface area (TPSA) is 84.8 Å². The molecule has 3 rings (SSSR count). The van der Waals surface area contributed by atoms with Crippen molar-refractivity contribution < 1.29 is 14.3 Å². The molecule has 0 bridgehead atoms. The van der Waals surface area contributed by atoms with E-state index in [1.807, 2.05) is 13.8 Å². The second kappa shape index (κ2) is 8.65. The molecule has 1 aromatic carbocycles. The van der Waals surface area contributed by atoms with Crippen molar-refractivity contribution in [2.24, 2.45) is 5.10 Å². The first-order chi connectivity index (χ1) is 13.7. The highest BCUT2D eigenvalue weighted by Crippen LogP contribution is 2.38. The van der Waals surface area contributed by atoms with Crippen molar-refractivity contribution in [3.63, 3.8) is 0 Å². The van der Waals surface area contributed by atoms with E-state index < -0.39 is 5.78 Å². The number of halogens is 3. The first-order valence-corrected chi connectivity index (χ1v) is 9.93. The van der Waals surface area contributed by atoms with Gasteiger partial charge in [-0.3, -0.25) is 9.59 Å². The Kier molecular flexibility index (Phi) is 6.41. The van der Waals surface area contributed by atoms with Gasteiger partial charge in [0.2, 0.25) is 11.8 Å². The van der Waals surface area contributed by atoms with E-state index in [9.17, 15) is 9.59 Å². The Balaban J connectivity index is 1.94. The van der Waals surface area contributed by atoms with Crippen LogP contribution >= 0.6 is 34.8 Å². The molecule has 1 aliphatic rings. The van der Waals surface area contributed by atoms with Gasteiger partial charge in [-0.1, -0.05) is 48.7 Å². The molecule has 0 saturated heterocycles. The molecule has 1 atom stereocenters. The van der Waals surface area contributed by atoms with E-state index in [4.69, 9.17) is 39.5 Å². The summed E-state index contributed by atoms with van der Waals surface area (Å²) in [6.07, 6.45) is 0.607. The van der Waals surface area contributed by atoms with Gasteiger partial charge in [0.15, 0.2) is 16.7 Å². The SMILES string of the molecule is CCC(C)c1cc(Oc2c(Cl)cc(C3=NN(C)C(=O)CC3=O)cc2Cl)nnc1Cl. The first kappa shape index (κ1) is 21.5. The Morgan fingerprint density at radius 3 is 2.41 bits per heavy atom. The lowest BCUT2D eigenvalue weighted by atomic mass is 10.0. The molecule has 0 saturated carbocycles. The van der Waals surface area contributed by atoms with Gasteiger partial charge in [0.1, 0.15) is 5.71 Å². The molecule has 0 spiro atoms. The standard InChI is InChI=1S/C19H17Cl3N4O3/c1-4-9(2)11-7-15(23-24-19(11)22)29-18-12(20)5-10(6-13(18)21)17-14(27)8-16(28)26(3)25-17/h5-7,9H,4,8H2,1-3H3. The van der Waals surface area contributed by atoms with Gasteiger partial charge in [-0.2, -0.15) is 5.10 Å². The van der Waals surface area contributed by atoms with E-state index in [1.165, 1.54) is 19.2 Å². The number of benzene rings is 1. The van der Waals surface area contributed by atoms with E-state index in [0.717, 1.165) is 17.0 Å². The van der Waals surface area contributed by atoms with Gasteiger partial charge >= 0.3 is 0 Å². The van der Waals surface area contributed by atoms with Crippen molar-refractivity contribution in [1.82, 2.24) is 15.2 Å². The fraction of sp³-hybridized carbons (Fsp3) is 0.316. The lowest BCUT2D eigenvalue weighted by Crippen LogP contribution is -2.35. The van der Waals surface area contributed by atoms with Gasteiger partial charge in [-0.05, 0) is 30.0 Å². The quantitative estimate of drug-likeness (QED) is 0.600. The molecule has 2 aromatic rings. The molecule has 10 heteroatoms. The highest BCUT2D eigenvalue weighted by atomic mass is 35.5. The number of Topliss-reactive ketones (excluding diaryl/α,β-unsaturated/α-hetero) is 1. The molecule has 0 aliphatic carbocycles. The summed E-state index contributed by atoms with van der Waals surface area (Å²) < 4.78 is 5.75. The number of rotatable bonds is 5. The van der Waals surface area contributed by atoms with E-state index in [0.29, 0.717) is 10.7 Å². The first-order valence-electron chi connectivity index (χ1n) is 8.80. The lowest BCUT2D eigenvalue weighted by molar-refractivity contribution is -0.133. The zero-order valence-corrected chi connectivity index (χ0v) is 18.1. The van der Waals surface area contributed by atoms with Crippen LogP contribution in [-0.2, 0) is 9.59 Å². The molecule has 29 heavy (non-hydrogen) atoms. The van der Waals surface area contributed by atoms with Crippen LogP contribution in [0.15, 0.2) is 23.3 Å². The zero-order valence-electron chi connectivity index (χ0n) is 15.9. The average Bonchev–Trinajstić information content (AvgIpc) is 2.68. The maximum absolute atomic E-state index is 12.2. The number of amides is 1. The minimum Gasteiger partial charge on any atom is -0.434 e. The molecule has 0 fully saturated rings. The fourth-order valence-corrected chi connectivity index (χ4v) is 3.54. The fourth-order valence-electron chi connectivity index (χ4n) is 2.70. The summed E-state index contributed by atoms with van der Waals surface area (Å²) in [4.78, 5) is 23.8. The van der Waals surface area contributed by atoms with Crippen LogP contribution in [-0.4, -0.2) is 39.7 Å². The smallest absolute Gasteiger partial charge is 0.250 e. The van der Waals surface area contributed by atoms with Crippen molar-refractivity contribution in [3.8, 4) is 11.6 Å². The number of carbonyl (C=O) groups is 2. The second-order valence-corrected chi connectivity index (χ2v) is 7.75. The minimum atomic E-state index is -0.407. The molecule has 0 N–H and O–H groups in total. The van der Waals surface area contributed by atoms with E-state index in [2.05, 4.69) is 15.3 Å². The molecular formula is C19H17Cl3N4O3. The lowest BCUT2D eigenvalue weighted by Gasteiger charge is -2.19. The van der Waals surface area contributed by atoms with Crippen molar-refractivity contribution in [3.05, 3.63) is 44.5 Å². The maximum atomic E-state index is 12.2. The maximum Gasteiger partial charge on any atom is 0.250 e. The van der Waals surface area contributed by atoms with Gasteiger partial charge < -0.3 is 4.74 Å². The summed E-state index contributed by atoms with van der Waals surface area (Å²) in [6.45, 7) is 4.06. The van der Waals surface area contributed by atoms with Crippen LogP contribution in [0.3, 0.4) is 0 Å².